The average Bonchev–Trinajstić information content (AvgIpc) is 3.21. The van der Waals surface area contributed by atoms with Crippen molar-refractivity contribution in [2.75, 3.05) is 0 Å². The Kier molecular flexibility index (Phi) is 6.28. The number of hydrogen-bond donors (Lipinski definition) is 2. The fourth-order valence-electron chi connectivity index (χ4n) is 2.93. The molecule has 0 spiro atoms. The van der Waals surface area contributed by atoms with Crippen LogP contribution < -0.4 is 10.6 Å². The van der Waals surface area contributed by atoms with E-state index in [1.807, 2.05) is 47.8 Å². The number of nitrogens with one attached hydrogen (secondary N) is 2. The first kappa shape index (κ1) is 20.1. The number of hydrogen-bond acceptors (Lipinski definition) is 5. The molecule has 0 aliphatic heterocycles. The molecule has 0 saturated heterocycles. The molecule has 4 rings (SSSR count). The zero-order chi connectivity index (χ0) is 20.2. The number of halogens is 1. The first-order chi connectivity index (χ1) is 14.1. The summed E-state index contributed by atoms with van der Waals surface area (Å²) in [7, 11) is 0. The number of thiophene rings is 1. The lowest BCUT2D eigenvalue weighted by Crippen LogP contribution is -2.49. The number of benzene rings is 1. The zero-order valence-electron chi connectivity index (χ0n) is 15.6. The smallest absolute Gasteiger partial charge is 0.243 e. The fraction of sp³-hybridized carbons (Fsp3) is 0.286. The Labute approximate surface area is 182 Å². The largest absolute Gasteiger partial charge is 0.352 e. The molecule has 5 nitrogen and oxygen atoms in total. The van der Waals surface area contributed by atoms with Gasteiger partial charge in [0.2, 0.25) is 11.8 Å². The van der Waals surface area contributed by atoms with Gasteiger partial charge in [0.1, 0.15) is 11.0 Å². The van der Waals surface area contributed by atoms with Gasteiger partial charge in [-0.05, 0) is 30.5 Å². The standard InChI is InChI=1S/C21H20ClN3O2S2/c22-18-9-8-17(29-18)21-24-15(12-28-21)11-19(26)25-16(20(27)23-14-6-7-14)10-13-4-2-1-3-5-13/h1-5,8-9,12,14,16H,6-7,10-11H2,(H,23,27)(H,25,26). The van der Waals surface area contributed by atoms with Gasteiger partial charge in [-0.2, -0.15) is 0 Å². The van der Waals surface area contributed by atoms with Crippen molar-refractivity contribution < 1.29 is 9.59 Å². The number of nitrogens with zero attached hydrogens (tertiary/aromatic N) is 1. The molecular weight excluding hydrogens is 426 g/mol. The Morgan fingerprint density at radius 1 is 1.17 bits per heavy atom. The molecule has 0 bridgehead atoms. The van der Waals surface area contributed by atoms with Gasteiger partial charge in [-0.15, -0.1) is 22.7 Å². The van der Waals surface area contributed by atoms with Gasteiger partial charge in [0.05, 0.1) is 21.3 Å². The number of carbonyl (C=O) groups excluding carboxylic acids is 2. The van der Waals surface area contributed by atoms with Crippen molar-refractivity contribution in [2.24, 2.45) is 0 Å². The molecule has 2 N–H and O–H groups in total. The monoisotopic (exact) mass is 445 g/mol. The maximum Gasteiger partial charge on any atom is 0.243 e. The first-order valence-corrected chi connectivity index (χ1v) is 11.5. The molecule has 1 aliphatic carbocycles. The van der Waals surface area contributed by atoms with Gasteiger partial charge in [-0.25, -0.2) is 4.98 Å². The van der Waals surface area contributed by atoms with Crippen molar-refractivity contribution in [3.8, 4) is 9.88 Å². The third-order valence-electron chi connectivity index (χ3n) is 4.54. The summed E-state index contributed by atoms with van der Waals surface area (Å²) in [4.78, 5) is 30.8. The molecule has 2 aromatic heterocycles. The van der Waals surface area contributed by atoms with Crippen molar-refractivity contribution in [3.63, 3.8) is 0 Å². The zero-order valence-corrected chi connectivity index (χ0v) is 17.9. The molecular formula is C21H20ClN3O2S2. The Hall–Kier alpha value is -2.22. The van der Waals surface area contributed by atoms with Crippen molar-refractivity contribution >= 4 is 46.1 Å². The quantitative estimate of drug-likeness (QED) is 0.549. The van der Waals surface area contributed by atoms with Gasteiger partial charge in [-0.3, -0.25) is 9.59 Å². The maximum atomic E-state index is 12.6. The van der Waals surface area contributed by atoms with Crippen LogP contribution in [0.25, 0.3) is 9.88 Å². The Morgan fingerprint density at radius 2 is 1.97 bits per heavy atom. The molecule has 1 aliphatic rings. The normalized spacial score (nSPS) is 14.4. The number of rotatable bonds is 8. The first-order valence-electron chi connectivity index (χ1n) is 9.40. The van der Waals surface area contributed by atoms with Gasteiger partial charge in [0, 0.05) is 17.8 Å². The lowest BCUT2D eigenvalue weighted by atomic mass is 10.0. The second-order valence-corrected chi connectivity index (χ2v) is 9.59. The number of aromatic nitrogens is 1. The molecule has 2 amide bonds. The van der Waals surface area contributed by atoms with Crippen LogP contribution >= 0.6 is 34.3 Å². The van der Waals surface area contributed by atoms with Crippen molar-refractivity contribution in [3.05, 3.63) is 63.4 Å². The van der Waals surface area contributed by atoms with Crippen LogP contribution in [0, 0.1) is 0 Å². The van der Waals surface area contributed by atoms with Crippen LogP contribution in [0.2, 0.25) is 4.34 Å². The van der Waals surface area contributed by atoms with Crippen molar-refractivity contribution in [1.82, 2.24) is 15.6 Å². The molecule has 2 heterocycles. The summed E-state index contributed by atoms with van der Waals surface area (Å²) >= 11 is 8.93. The average molecular weight is 446 g/mol. The van der Waals surface area contributed by atoms with E-state index in [4.69, 9.17) is 11.6 Å². The van der Waals surface area contributed by atoms with E-state index >= 15 is 0 Å². The highest BCUT2D eigenvalue weighted by atomic mass is 35.5. The summed E-state index contributed by atoms with van der Waals surface area (Å²) in [5, 5.41) is 8.61. The Bertz CT molecular complexity index is 998. The Morgan fingerprint density at radius 3 is 2.66 bits per heavy atom. The maximum absolute atomic E-state index is 12.6. The molecule has 150 valence electrons. The number of amides is 2. The second-order valence-electron chi connectivity index (χ2n) is 7.02. The molecule has 1 unspecified atom stereocenters. The van der Waals surface area contributed by atoms with Gasteiger partial charge < -0.3 is 10.6 Å². The van der Waals surface area contributed by atoms with Crippen LogP contribution in [-0.2, 0) is 22.4 Å². The lowest BCUT2D eigenvalue weighted by Gasteiger charge is -2.18. The highest BCUT2D eigenvalue weighted by Gasteiger charge is 2.28. The van der Waals surface area contributed by atoms with E-state index in [-0.39, 0.29) is 24.3 Å². The van der Waals surface area contributed by atoms with Crippen molar-refractivity contribution in [2.45, 2.75) is 37.8 Å². The predicted octanol–water partition coefficient (Wildman–Crippen LogP) is 4.07. The topological polar surface area (TPSA) is 71.1 Å². The molecule has 29 heavy (non-hydrogen) atoms. The SMILES string of the molecule is O=C(Cc1csc(-c2ccc(Cl)s2)n1)NC(Cc1ccccc1)C(=O)NC1CC1. The van der Waals surface area contributed by atoms with Crippen LogP contribution in [-0.4, -0.2) is 28.9 Å². The molecule has 8 heteroatoms. The van der Waals surface area contributed by atoms with Crippen LogP contribution in [0.15, 0.2) is 47.8 Å². The number of carbonyl (C=O) groups is 2. The summed E-state index contributed by atoms with van der Waals surface area (Å²) in [6.07, 6.45) is 2.61. The molecule has 1 fully saturated rings. The van der Waals surface area contributed by atoms with Gasteiger partial charge in [-0.1, -0.05) is 41.9 Å². The predicted molar refractivity (Wildman–Crippen MR) is 117 cm³/mol. The molecule has 0 radical (unpaired) electrons. The van der Waals surface area contributed by atoms with Gasteiger partial charge in [0.15, 0.2) is 0 Å². The minimum atomic E-state index is -0.597. The summed E-state index contributed by atoms with van der Waals surface area (Å²) < 4.78 is 0.708. The summed E-state index contributed by atoms with van der Waals surface area (Å²) in [6, 6.07) is 13.1. The van der Waals surface area contributed by atoms with E-state index in [1.54, 1.807) is 0 Å². The summed E-state index contributed by atoms with van der Waals surface area (Å²) in [5.41, 5.74) is 1.70. The molecule has 3 aromatic rings. The summed E-state index contributed by atoms with van der Waals surface area (Å²) in [5.74, 6) is -0.338. The highest BCUT2D eigenvalue weighted by molar-refractivity contribution is 7.23. The highest BCUT2D eigenvalue weighted by Crippen LogP contribution is 2.33. The number of thiazole rings is 1. The Balaban J connectivity index is 1.40. The molecule has 1 saturated carbocycles. The summed E-state index contributed by atoms with van der Waals surface area (Å²) in [6.45, 7) is 0. The molecule has 1 atom stereocenters. The second kappa shape index (κ2) is 9.07. The van der Waals surface area contributed by atoms with Gasteiger partial charge in [0.25, 0.3) is 0 Å². The lowest BCUT2D eigenvalue weighted by molar-refractivity contribution is -0.128. The minimum absolute atomic E-state index is 0.128. The van der Waals surface area contributed by atoms with E-state index in [1.165, 1.54) is 22.7 Å². The molecule has 1 aromatic carbocycles. The van der Waals surface area contributed by atoms with E-state index in [9.17, 15) is 9.59 Å². The van der Waals surface area contributed by atoms with Crippen LogP contribution in [0.4, 0.5) is 0 Å². The fourth-order valence-corrected chi connectivity index (χ4v) is 4.86. The minimum Gasteiger partial charge on any atom is -0.352 e. The van der Waals surface area contributed by atoms with E-state index in [0.29, 0.717) is 16.5 Å². The van der Waals surface area contributed by atoms with E-state index < -0.39 is 6.04 Å². The van der Waals surface area contributed by atoms with Crippen LogP contribution in [0.5, 0.6) is 0 Å². The van der Waals surface area contributed by atoms with E-state index in [2.05, 4.69) is 15.6 Å². The third-order valence-corrected chi connectivity index (χ3v) is 6.83. The van der Waals surface area contributed by atoms with Crippen molar-refractivity contribution in [1.29, 1.82) is 0 Å². The van der Waals surface area contributed by atoms with Crippen LogP contribution in [0.3, 0.4) is 0 Å². The third kappa shape index (κ3) is 5.65. The van der Waals surface area contributed by atoms with Gasteiger partial charge >= 0.3 is 0 Å². The van der Waals surface area contributed by atoms with E-state index in [0.717, 1.165) is 28.3 Å². The van der Waals surface area contributed by atoms with Crippen LogP contribution in [0.1, 0.15) is 24.1 Å².